The number of hydrogen-bond acceptors (Lipinski definition) is 5. The van der Waals surface area contributed by atoms with Gasteiger partial charge in [-0.3, -0.25) is 4.79 Å². The van der Waals surface area contributed by atoms with Crippen molar-refractivity contribution in [3.05, 3.63) is 53.6 Å². The van der Waals surface area contributed by atoms with E-state index in [1.54, 1.807) is 11.8 Å². The summed E-state index contributed by atoms with van der Waals surface area (Å²) in [5.74, 6) is 2.95. The van der Waals surface area contributed by atoms with Crippen LogP contribution in [0, 0.1) is 0 Å². The quantitative estimate of drug-likeness (QED) is 0.818. The second-order valence-corrected chi connectivity index (χ2v) is 6.91. The Kier molecular flexibility index (Phi) is 4.44. The van der Waals surface area contributed by atoms with Crippen LogP contribution in [0.15, 0.2) is 42.5 Å². The molecule has 0 radical (unpaired) electrons. The van der Waals surface area contributed by atoms with Gasteiger partial charge < -0.3 is 19.1 Å². The van der Waals surface area contributed by atoms with Crippen molar-refractivity contribution in [1.82, 2.24) is 4.90 Å². The first-order chi connectivity index (χ1) is 12.3. The summed E-state index contributed by atoms with van der Waals surface area (Å²) in [5, 5.41) is -0.0410. The Morgan fingerprint density at radius 2 is 2.04 bits per heavy atom. The minimum atomic E-state index is -0.0410. The van der Waals surface area contributed by atoms with Gasteiger partial charge in [-0.25, -0.2) is 0 Å². The number of carbonyl (C=O) groups is 1. The molecule has 1 amide bonds. The minimum absolute atomic E-state index is 0.0410. The molecule has 2 aromatic rings. The maximum Gasteiger partial charge on any atom is 0.234 e. The fourth-order valence-corrected chi connectivity index (χ4v) is 4.30. The van der Waals surface area contributed by atoms with Gasteiger partial charge >= 0.3 is 0 Å². The molecule has 0 saturated carbocycles. The standard InChI is InChI=1S/C19H19NO4S/c1-2-22-15-6-4-3-5-14(15)19-20(18(21)11-25-19)10-13-7-8-16-17(9-13)24-12-23-16/h3-9,19H,2,10-12H2,1H3. The molecule has 0 bridgehead atoms. The molecule has 0 aromatic heterocycles. The molecule has 4 rings (SSSR count). The summed E-state index contributed by atoms with van der Waals surface area (Å²) in [7, 11) is 0. The third kappa shape index (κ3) is 3.14. The summed E-state index contributed by atoms with van der Waals surface area (Å²) in [6.07, 6.45) is 0. The highest BCUT2D eigenvalue weighted by molar-refractivity contribution is 8.00. The lowest BCUT2D eigenvalue weighted by Crippen LogP contribution is -2.27. The summed E-state index contributed by atoms with van der Waals surface area (Å²) in [6, 6.07) is 13.8. The van der Waals surface area contributed by atoms with Crippen LogP contribution in [0.5, 0.6) is 17.2 Å². The number of ether oxygens (including phenoxy) is 3. The van der Waals surface area contributed by atoms with Gasteiger partial charge in [0.25, 0.3) is 0 Å². The average molecular weight is 357 g/mol. The summed E-state index contributed by atoms with van der Waals surface area (Å²) < 4.78 is 16.6. The van der Waals surface area contributed by atoms with Crippen LogP contribution in [-0.2, 0) is 11.3 Å². The average Bonchev–Trinajstić information content (AvgIpc) is 3.23. The number of nitrogens with zero attached hydrogens (tertiary/aromatic N) is 1. The van der Waals surface area contributed by atoms with E-state index in [9.17, 15) is 4.79 Å². The second-order valence-electron chi connectivity index (χ2n) is 5.84. The Morgan fingerprint density at radius 3 is 2.92 bits per heavy atom. The third-order valence-corrected chi connectivity index (χ3v) is 5.48. The fourth-order valence-electron chi connectivity index (χ4n) is 3.09. The summed E-state index contributed by atoms with van der Waals surface area (Å²) in [4.78, 5) is 14.4. The predicted molar refractivity (Wildman–Crippen MR) is 95.9 cm³/mol. The van der Waals surface area contributed by atoms with Crippen LogP contribution >= 0.6 is 11.8 Å². The van der Waals surface area contributed by atoms with Gasteiger partial charge in [0.15, 0.2) is 11.5 Å². The Morgan fingerprint density at radius 1 is 1.20 bits per heavy atom. The van der Waals surface area contributed by atoms with Crippen LogP contribution in [0.25, 0.3) is 0 Å². The smallest absolute Gasteiger partial charge is 0.234 e. The number of para-hydroxylation sites is 1. The molecule has 25 heavy (non-hydrogen) atoms. The van der Waals surface area contributed by atoms with E-state index in [2.05, 4.69) is 0 Å². The topological polar surface area (TPSA) is 48.0 Å². The van der Waals surface area contributed by atoms with E-state index < -0.39 is 0 Å². The van der Waals surface area contributed by atoms with E-state index in [0.29, 0.717) is 18.9 Å². The highest BCUT2D eigenvalue weighted by Gasteiger charge is 2.34. The zero-order chi connectivity index (χ0) is 17.2. The van der Waals surface area contributed by atoms with Crippen LogP contribution in [0.1, 0.15) is 23.4 Å². The molecule has 0 spiro atoms. The number of benzene rings is 2. The predicted octanol–water partition coefficient (Wildman–Crippen LogP) is 3.59. The minimum Gasteiger partial charge on any atom is -0.493 e. The van der Waals surface area contributed by atoms with Crippen molar-refractivity contribution in [2.24, 2.45) is 0 Å². The zero-order valence-corrected chi connectivity index (χ0v) is 14.8. The molecule has 2 aromatic carbocycles. The molecule has 0 N–H and O–H groups in total. The van der Waals surface area contributed by atoms with Gasteiger partial charge in [0.05, 0.1) is 12.4 Å². The molecule has 5 nitrogen and oxygen atoms in total. The molecular weight excluding hydrogens is 338 g/mol. The summed E-state index contributed by atoms with van der Waals surface area (Å²) in [5.41, 5.74) is 2.07. The highest BCUT2D eigenvalue weighted by atomic mass is 32.2. The maximum atomic E-state index is 12.5. The van der Waals surface area contributed by atoms with Crippen LogP contribution in [0.3, 0.4) is 0 Å². The fraction of sp³-hybridized carbons (Fsp3) is 0.316. The van der Waals surface area contributed by atoms with E-state index >= 15 is 0 Å². The number of hydrogen-bond donors (Lipinski definition) is 0. The normalized spacial score (nSPS) is 18.7. The Labute approximate surface area is 150 Å². The van der Waals surface area contributed by atoms with Crippen LogP contribution in [-0.4, -0.2) is 30.0 Å². The van der Waals surface area contributed by atoms with Crippen LogP contribution in [0.2, 0.25) is 0 Å². The number of rotatable bonds is 5. The van der Waals surface area contributed by atoms with Gasteiger partial charge in [0.2, 0.25) is 12.7 Å². The Hall–Kier alpha value is -2.34. The van der Waals surface area contributed by atoms with Gasteiger partial charge in [-0.15, -0.1) is 11.8 Å². The summed E-state index contributed by atoms with van der Waals surface area (Å²) in [6.45, 7) is 3.36. The van der Waals surface area contributed by atoms with Crippen LogP contribution < -0.4 is 14.2 Å². The van der Waals surface area contributed by atoms with Crippen molar-refractivity contribution < 1.29 is 19.0 Å². The van der Waals surface area contributed by atoms with Crippen LogP contribution in [0.4, 0.5) is 0 Å². The van der Waals surface area contributed by atoms with Gasteiger partial charge in [-0.05, 0) is 30.7 Å². The molecule has 130 valence electrons. The lowest BCUT2D eigenvalue weighted by Gasteiger charge is -2.26. The van der Waals surface area contributed by atoms with Gasteiger partial charge in [0.1, 0.15) is 11.1 Å². The monoisotopic (exact) mass is 357 g/mol. The molecule has 6 heteroatoms. The van der Waals surface area contributed by atoms with Crippen molar-refractivity contribution in [2.75, 3.05) is 19.2 Å². The second kappa shape index (κ2) is 6.88. The van der Waals surface area contributed by atoms with E-state index in [0.717, 1.165) is 28.4 Å². The molecule has 2 heterocycles. The SMILES string of the molecule is CCOc1ccccc1C1SCC(=O)N1Cc1ccc2c(c1)OCO2. The lowest BCUT2D eigenvalue weighted by molar-refractivity contribution is -0.128. The molecule has 0 aliphatic carbocycles. The molecular formula is C19H19NO4S. The highest BCUT2D eigenvalue weighted by Crippen LogP contribution is 2.43. The lowest BCUT2D eigenvalue weighted by atomic mass is 10.1. The van der Waals surface area contributed by atoms with Gasteiger partial charge in [0, 0.05) is 12.1 Å². The maximum absolute atomic E-state index is 12.5. The van der Waals surface area contributed by atoms with E-state index in [4.69, 9.17) is 14.2 Å². The van der Waals surface area contributed by atoms with Gasteiger partial charge in [-0.2, -0.15) is 0 Å². The van der Waals surface area contributed by atoms with Crippen molar-refractivity contribution in [3.63, 3.8) is 0 Å². The summed E-state index contributed by atoms with van der Waals surface area (Å²) >= 11 is 1.64. The number of carbonyl (C=O) groups excluding carboxylic acids is 1. The molecule has 2 aliphatic rings. The third-order valence-electron chi connectivity index (χ3n) is 4.24. The molecule has 2 aliphatic heterocycles. The first-order valence-corrected chi connectivity index (χ1v) is 9.32. The van der Waals surface area contributed by atoms with E-state index in [1.807, 2.05) is 54.3 Å². The zero-order valence-electron chi connectivity index (χ0n) is 13.9. The van der Waals surface area contributed by atoms with Crippen molar-refractivity contribution >= 4 is 17.7 Å². The largest absolute Gasteiger partial charge is 0.493 e. The Balaban J connectivity index is 1.60. The first-order valence-electron chi connectivity index (χ1n) is 8.27. The molecule has 1 atom stereocenters. The van der Waals surface area contributed by atoms with E-state index in [1.165, 1.54) is 0 Å². The molecule has 1 unspecified atom stereocenters. The van der Waals surface area contributed by atoms with Gasteiger partial charge in [-0.1, -0.05) is 24.3 Å². The number of amides is 1. The van der Waals surface area contributed by atoms with E-state index in [-0.39, 0.29) is 18.1 Å². The van der Waals surface area contributed by atoms with Crippen molar-refractivity contribution in [2.45, 2.75) is 18.8 Å². The number of thioether (sulfide) groups is 1. The molecule has 1 fully saturated rings. The molecule has 1 saturated heterocycles. The first kappa shape index (κ1) is 16.1. The van der Waals surface area contributed by atoms with Crippen molar-refractivity contribution in [1.29, 1.82) is 0 Å². The Bertz CT molecular complexity index is 795. The number of fused-ring (bicyclic) bond motifs is 1. The van der Waals surface area contributed by atoms with Crippen molar-refractivity contribution in [3.8, 4) is 17.2 Å².